The molecule has 7 nitrogen and oxygen atoms in total. The molecule has 4 bridgehead atoms. The van der Waals surface area contributed by atoms with E-state index in [4.69, 9.17) is 16.2 Å². The molecule has 0 aliphatic heterocycles. The van der Waals surface area contributed by atoms with E-state index in [0.29, 0.717) is 32.3 Å². The second-order valence-electron chi connectivity index (χ2n) is 9.37. The molecule has 6 N–H and O–H groups in total. The number of aliphatic hydroxyl groups is 2. The number of esters is 1. The molecule has 0 heterocycles. The topological polar surface area (TPSA) is 136 Å². The lowest BCUT2D eigenvalue weighted by Crippen LogP contribution is -2.59. The van der Waals surface area contributed by atoms with Crippen LogP contribution in [0.15, 0.2) is 0 Å². The van der Waals surface area contributed by atoms with E-state index in [1.54, 1.807) is 6.92 Å². The number of Topliss-reactive ketones (excluding diaryl/α,β-unsaturated/α-hetero) is 1. The van der Waals surface area contributed by atoms with E-state index >= 15 is 0 Å². The number of carbonyl (C=O) groups is 2. The maximum atomic E-state index is 11.9. The lowest BCUT2D eigenvalue weighted by atomic mass is 9.56. The molecule has 0 aromatic rings. The van der Waals surface area contributed by atoms with Crippen LogP contribution in [0.4, 0.5) is 0 Å². The molecule has 1 unspecified atom stereocenters. The fourth-order valence-electron chi connectivity index (χ4n) is 5.35. The molecule has 0 amide bonds. The Morgan fingerprint density at radius 3 is 2.07 bits per heavy atom. The monoisotopic (exact) mass is 382 g/mol. The SMILES string of the molecule is CCOC(=O)C12CCC(N)(CC1)CC2=O.NC12CCC(CO)(CC1)C(O)C2. The van der Waals surface area contributed by atoms with Gasteiger partial charge < -0.3 is 26.4 Å². The Hall–Kier alpha value is -1.02. The number of carbonyl (C=O) groups excluding carboxylic acids is 2. The number of ether oxygens (including phenoxy) is 1. The minimum absolute atomic E-state index is 0.0130. The Bertz CT molecular complexity index is 579. The second-order valence-corrected chi connectivity index (χ2v) is 9.37. The van der Waals surface area contributed by atoms with Crippen molar-refractivity contribution >= 4 is 11.8 Å². The van der Waals surface area contributed by atoms with Crippen LogP contribution in [-0.2, 0) is 14.3 Å². The predicted molar refractivity (Wildman–Crippen MR) is 99.6 cm³/mol. The summed E-state index contributed by atoms with van der Waals surface area (Å²) in [7, 11) is 0. The highest BCUT2D eigenvalue weighted by atomic mass is 16.5. The smallest absolute Gasteiger partial charge is 0.319 e. The Balaban J connectivity index is 0.000000159. The molecular weight excluding hydrogens is 348 g/mol. The average molecular weight is 383 g/mol. The van der Waals surface area contributed by atoms with Gasteiger partial charge >= 0.3 is 5.97 Å². The van der Waals surface area contributed by atoms with Gasteiger partial charge in [0.2, 0.25) is 0 Å². The summed E-state index contributed by atoms with van der Waals surface area (Å²) < 4.78 is 5.00. The van der Waals surface area contributed by atoms with E-state index in [-0.39, 0.29) is 41.0 Å². The average Bonchev–Trinajstić information content (AvgIpc) is 2.63. The van der Waals surface area contributed by atoms with E-state index in [1.807, 2.05) is 0 Å². The van der Waals surface area contributed by atoms with Crippen LogP contribution < -0.4 is 11.5 Å². The zero-order valence-corrected chi connectivity index (χ0v) is 16.3. The molecule has 6 aliphatic rings. The van der Waals surface area contributed by atoms with Crippen molar-refractivity contribution in [3.8, 4) is 0 Å². The highest BCUT2D eigenvalue weighted by Gasteiger charge is 2.57. The first-order valence-corrected chi connectivity index (χ1v) is 10.2. The van der Waals surface area contributed by atoms with Crippen molar-refractivity contribution in [2.45, 2.75) is 88.3 Å². The van der Waals surface area contributed by atoms with Crippen molar-refractivity contribution < 1.29 is 24.5 Å². The zero-order chi connectivity index (χ0) is 19.9. The molecule has 1 atom stereocenters. The number of ketones is 1. The van der Waals surface area contributed by atoms with E-state index in [9.17, 15) is 19.8 Å². The molecule has 0 aromatic carbocycles. The van der Waals surface area contributed by atoms with E-state index in [0.717, 1.165) is 38.5 Å². The van der Waals surface area contributed by atoms with Crippen molar-refractivity contribution in [3.63, 3.8) is 0 Å². The lowest BCUT2D eigenvalue weighted by Gasteiger charge is -2.54. The number of fused-ring (bicyclic) bond motifs is 6. The summed E-state index contributed by atoms with van der Waals surface area (Å²) in [6, 6.07) is 0. The van der Waals surface area contributed by atoms with Crippen LogP contribution in [0.5, 0.6) is 0 Å². The van der Waals surface area contributed by atoms with Gasteiger partial charge in [-0.25, -0.2) is 0 Å². The first kappa shape index (κ1) is 20.7. The predicted octanol–water partition coefficient (Wildman–Crippen LogP) is 0.781. The normalized spacial score (nSPS) is 45.2. The third-order valence-electron chi connectivity index (χ3n) is 7.68. The van der Waals surface area contributed by atoms with Crippen molar-refractivity contribution in [2.75, 3.05) is 13.2 Å². The van der Waals surface area contributed by atoms with Crippen LogP contribution in [0.2, 0.25) is 0 Å². The molecule has 6 saturated carbocycles. The molecule has 0 saturated heterocycles. The van der Waals surface area contributed by atoms with Crippen LogP contribution in [0.1, 0.15) is 71.1 Å². The second kappa shape index (κ2) is 7.10. The van der Waals surface area contributed by atoms with Crippen LogP contribution in [0.25, 0.3) is 0 Å². The summed E-state index contributed by atoms with van der Waals surface area (Å²) in [6.45, 7) is 2.21. The quantitative estimate of drug-likeness (QED) is 0.418. The molecular formula is C20H34N2O5. The fraction of sp³-hybridized carbons (Fsp3) is 0.900. The van der Waals surface area contributed by atoms with Crippen LogP contribution in [0, 0.1) is 10.8 Å². The molecule has 7 heteroatoms. The van der Waals surface area contributed by atoms with Crippen LogP contribution >= 0.6 is 0 Å². The molecule has 0 aromatic heterocycles. The van der Waals surface area contributed by atoms with Gasteiger partial charge in [-0.15, -0.1) is 0 Å². The van der Waals surface area contributed by atoms with Gasteiger partial charge in [-0.1, -0.05) is 0 Å². The first-order chi connectivity index (χ1) is 12.6. The Morgan fingerprint density at radius 2 is 1.63 bits per heavy atom. The van der Waals surface area contributed by atoms with Gasteiger partial charge in [-0.05, 0) is 64.7 Å². The molecule has 154 valence electrons. The zero-order valence-electron chi connectivity index (χ0n) is 16.3. The minimum atomic E-state index is -0.850. The summed E-state index contributed by atoms with van der Waals surface area (Å²) in [5.41, 5.74) is 10.6. The Morgan fingerprint density at radius 1 is 1.07 bits per heavy atom. The van der Waals surface area contributed by atoms with Gasteiger partial charge in [-0.3, -0.25) is 9.59 Å². The molecule has 27 heavy (non-hydrogen) atoms. The van der Waals surface area contributed by atoms with Crippen molar-refractivity contribution in [2.24, 2.45) is 22.3 Å². The van der Waals surface area contributed by atoms with Gasteiger partial charge in [0.05, 0.1) is 19.3 Å². The standard InChI is InChI=1S/C11H17NO3.C9H17NO2/c1-2-15-9(14)11-5-3-10(12,4-6-11)7-8(11)13;10-9-3-1-8(6-11,2-4-9)7(12)5-9/h2-7,12H2,1H3;7,11-12H,1-6,10H2. The largest absolute Gasteiger partial charge is 0.465 e. The number of nitrogens with two attached hydrogens (primary N) is 2. The van der Waals surface area contributed by atoms with Crippen LogP contribution in [-0.4, -0.2) is 52.4 Å². The minimum Gasteiger partial charge on any atom is -0.465 e. The van der Waals surface area contributed by atoms with Gasteiger partial charge in [-0.2, -0.15) is 0 Å². The Kier molecular flexibility index (Phi) is 5.45. The number of aliphatic hydroxyl groups excluding tert-OH is 2. The third-order valence-corrected chi connectivity index (χ3v) is 7.68. The molecule has 6 aliphatic carbocycles. The van der Waals surface area contributed by atoms with Gasteiger partial charge in [0.25, 0.3) is 0 Å². The maximum Gasteiger partial charge on any atom is 0.319 e. The maximum absolute atomic E-state index is 11.9. The van der Waals surface area contributed by atoms with E-state index < -0.39 is 5.41 Å². The highest BCUT2D eigenvalue weighted by Crippen LogP contribution is 2.51. The van der Waals surface area contributed by atoms with Gasteiger partial charge in [0.15, 0.2) is 5.78 Å². The fourth-order valence-corrected chi connectivity index (χ4v) is 5.35. The van der Waals surface area contributed by atoms with Crippen molar-refractivity contribution in [3.05, 3.63) is 0 Å². The Labute approximate surface area is 160 Å². The third kappa shape index (κ3) is 3.55. The summed E-state index contributed by atoms with van der Waals surface area (Å²) >= 11 is 0. The van der Waals surface area contributed by atoms with Gasteiger partial charge in [0.1, 0.15) is 5.41 Å². The summed E-state index contributed by atoms with van der Waals surface area (Å²) in [6.07, 6.45) is 7.00. The number of hydrogen-bond donors (Lipinski definition) is 4. The summed E-state index contributed by atoms with van der Waals surface area (Å²) in [4.78, 5) is 23.7. The summed E-state index contributed by atoms with van der Waals surface area (Å²) in [5, 5.41) is 19.0. The van der Waals surface area contributed by atoms with Gasteiger partial charge in [0, 0.05) is 22.9 Å². The lowest BCUT2D eigenvalue weighted by molar-refractivity contribution is -0.167. The number of hydrogen-bond acceptors (Lipinski definition) is 7. The van der Waals surface area contributed by atoms with Crippen molar-refractivity contribution in [1.82, 2.24) is 0 Å². The summed E-state index contributed by atoms with van der Waals surface area (Å²) in [5.74, 6) is -0.349. The molecule has 0 spiro atoms. The molecule has 6 rings (SSSR count). The van der Waals surface area contributed by atoms with E-state index in [2.05, 4.69) is 0 Å². The first-order valence-electron chi connectivity index (χ1n) is 10.2. The van der Waals surface area contributed by atoms with E-state index in [1.165, 1.54) is 0 Å². The molecule has 0 radical (unpaired) electrons. The molecule has 6 fully saturated rings. The van der Waals surface area contributed by atoms with Crippen molar-refractivity contribution in [1.29, 1.82) is 0 Å². The number of rotatable bonds is 3. The highest BCUT2D eigenvalue weighted by molar-refractivity contribution is 6.05. The van der Waals surface area contributed by atoms with Crippen LogP contribution in [0.3, 0.4) is 0 Å².